The Hall–Kier alpha value is -2.34. The Morgan fingerprint density at radius 2 is 1.79 bits per heavy atom. The number of hydrogen-bond acceptors (Lipinski definition) is 5. The first kappa shape index (κ1) is 16.5. The van der Waals surface area contributed by atoms with Crippen molar-refractivity contribution in [2.75, 3.05) is 43.6 Å². The Morgan fingerprint density at radius 1 is 1.21 bits per heavy atom. The van der Waals surface area contributed by atoms with Crippen LogP contribution in [0.1, 0.15) is 13.3 Å². The van der Waals surface area contributed by atoms with Crippen LogP contribution in [-0.2, 0) is 4.79 Å². The number of ketones is 1. The number of benzene rings is 1. The van der Waals surface area contributed by atoms with E-state index in [1.54, 1.807) is 0 Å². The molecule has 2 heterocycles. The molecule has 2 aliphatic heterocycles. The SMILES string of the molecule is CC(CCO)CN1CC(=O)C(=C2N(C)c3ccccc3N2C)C1=N. The lowest BCUT2D eigenvalue weighted by molar-refractivity contribution is -0.114. The second-order valence-corrected chi connectivity index (χ2v) is 6.58. The van der Waals surface area contributed by atoms with Crippen LogP contribution in [0.4, 0.5) is 11.4 Å². The van der Waals surface area contributed by atoms with Gasteiger partial charge in [0.2, 0.25) is 0 Å². The molecule has 24 heavy (non-hydrogen) atoms. The molecule has 1 saturated heterocycles. The van der Waals surface area contributed by atoms with E-state index in [1.165, 1.54) is 0 Å². The third kappa shape index (κ3) is 2.57. The molecule has 1 aromatic carbocycles. The van der Waals surface area contributed by atoms with E-state index in [0.29, 0.717) is 18.5 Å². The van der Waals surface area contributed by atoms with Gasteiger partial charge < -0.3 is 19.8 Å². The summed E-state index contributed by atoms with van der Waals surface area (Å²) in [6, 6.07) is 7.98. The van der Waals surface area contributed by atoms with Crippen molar-refractivity contribution in [2.45, 2.75) is 13.3 Å². The van der Waals surface area contributed by atoms with E-state index >= 15 is 0 Å². The molecule has 0 spiro atoms. The number of carbonyl (C=O) groups excluding carboxylic acids is 1. The van der Waals surface area contributed by atoms with Crippen LogP contribution in [0.5, 0.6) is 0 Å². The van der Waals surface area contributed by atoms with Gasteiger partial charge >= 0.3 is 0 Å². The van der Waals surface area contributed by atoms with E-state index < -0.39 is 0 Å². The van der Waals surface area contributed by atoms with Gasteiger partial charge in [-0.2, -0.15) is 0 Å². The van der Waals surface area contributed by atoms with Gasteiger partial charge in [0.05, 0.1) is 17.9 Å². The molecule has 6 nitrogen and oxygen atoms in total. The lowest BCUT2D eigenvalue weighted by Gasteiger charge is -2.23. The van der Waals surface area contributed by atoms with Crippen molar-refractivity contribution in [2.24, 2.45) is 5.92 Å². The molecule has 1 atom stereocenters. The largest absolute Gasteiger partial charge is 0.396 e. The smallest absolute Gasteiger partial charge is 0.189 e. The zero-order valence-electron chi connectivity index (χ0n) is 14.4. The van der Waals surface area contributed by atoms with E-state index in [9.17, 15) is 4.79 Å². The number of likely N-dealkylation sites (tertiary alicyclic amines) is 1. The minimum Gasteiger partial charge on any atom is -0.396 e. The van der Waals surface area contributed by atoms with Crippen molar-refractivity contribution in [1.29, 1.82) is 5.41 Å². The first-order valence-electron chi connectivity index (χ1n) is 8.24. The van der Waals surface area contributed by atoms with Crippen LogP contribution in [0.3, 0.4) is 0 Å². The topological polar surface area (TPSA) is 70.9 Å². The molecule has 2 aliphatic rings. The number of carbonyl (C=O) groups is 1. The molecule has 3 rings (SSSR count). The molecule has 0 amide bonds. The average Bonchev–Trinajstić information content (AvgIpc) is 2.95. The normalized spacial score (nSPS) is 18.8. The monoisotopic (exact) mass is 328 g/mol. The number of aliphatic hydroxyl groups excluding tert-OH is 1. The number of aliphatic hydroxyl groups is 1. The number of amidine groups is 1. The summed E-state index contributed by atoms with van der Waals surface area (Å²) in [5, 5.41) is 17.6. The van der Waals surface area contributed by atoms with Crippen molar-refractivity contribution in [3.8, 4) is 0 Å². The molecule has 1 fully saturated rings. The Labute approximate surface area is 142 Å². The zero-order valence-corrected chi connectivity index (χ0v) is 14.4. The molecule has 0 aliphatic carbocycles. The summed E-state index contributed by atoms with van der Waals surface area (Å²) in [5.74, 6) is 1.27. The Morgan fingerprint density at radius 3 is 2.33 bits per heavy atom. The number of Topliss-reactive ketones (excluding diaryl/α,β-unsaturated/α-hetero) is 1. The molecule has 0 saturated carbocycles. The second kappa shape index (κ2) is 6.28. The molecule has 0 aromatic heterocycles. The van der Waals surface area contributed by atoms with Gasteiger partial charge in [-0.15, -0.1) is 0 Å². The summed E-state index contributed by atoms with van der Waals surface area (Å²) in [6.45, 7) is 3.02. The molecule has 2 N–H and O–H groups in total. The molecule has 0 radical (unpaired) electrons. The van der Waals surface area contributed by atoms with E-state index in [4.69, 9.17) is 10.5 Å². The van der Waals surface area contributed by atoms with Gasteiger partial charge in [-0.05, 0) is 24.5 Å². The van der Waals surface area contributed by atoms with Crippen molar-refractivity contribution < 1.29 is 9.90 Å². The van der Waals surface area contributed by atoms with Crippen LogP contribution in [0, 0.1) is 11.3 Å². The third-order valence-electron chi connectivity index (χ3n) is 4.78. The van der Waals surface area contributed by atoms with Gasteiger partial charge in [-0.3, -0.25) is 10.2 Å². The predicted molar refractivity (Wildman–Crippen MR) is 95.4 cm³/mol. The number of rotatable bonds is 4. The van der Waals surface area contributed by atoms with E-state index in [2.05, 4.69) is 0 Å². The fraction of sp³-hybridized carbons (Fsp3) is 0.444. The number of hydrogen-bond donors (Lipinski definition) is 2. The number of para-hydroxylation sites is 2. The Balaban J connectivity index is 1.93. The average molecular weight is 328 g/mol. The first-order chi connectivity index (χ1) is 11.5. The molecular formula is C18H24N4O2. The molecule has 6 heteroatoms. The van der Waals surface area contributed by atoms with Crippen LogP contribution in [0.15, 0.2) is 35.7 Å². The quantitative estimate of drug-likeness (QED) is 0.823. The summed E-state index contributed by atoms with van der Waals surface area (Å²) in [6.07, 6.45) is 0.676. The third-order valence-corrected chi connectivity index (χ3v) is 4.78. The summed E-state index contributed by atoms with van der Waals surface area (Å²) in [5.41, 5.74) is 2.55. The van der Waals surface area contributed by atoms with Gasteiger partial charge in [-0.25, -0.2) is 0 Å². The number of anilines is 2. The predicted octanol–water partition coefficient (Wildman–Crippen LogP) is 1.66. The van der Waals surface area contributed by atoms with Crippen molar-refractivity contribution in [3.63, 3.8) is 0 Å². The summed E-state index contributed by atoms with van der Waals surface area (Å²) < 4.78 is 0. The lowest BCUT2D eigenvalue weighted by atomic mass is 10.1. The maximum atomic E-state index is 12.6. The minimum atomic E-state index is -0.0160. The van der Waals surface area contributed by atoms with Gasteiger partial charge in [0.25, 0.3) is 0 Å². The second-order valence-electron chi connectivity index (χ2n) is 6.58. The molecule has 128 valence electrons. The van der Waals surface area contributed by atoms with Crippen LogP contribution < -0.4 is 9.80 Å². The number of nitrogens with zero attached hydrogens (tertiary/aromatic N) is 3. The fourth-order valence-corrected chi connectivity index (χ4v) is 3.52. The maximum Gasteiger partial charge on any atom is 0.189 e. The van der Waals surface area contributed by atoms with Crippen LogP contribution in [-0.4, -0.2) is 55.4 Å². The molecule has 0 bridgehead atoms. The molecule has 1 unspecified atom stereocenters. The highest BCUT2D eigenvalue weighted by Crippen LogP contribution is 2.41. The fourth-order valence-electron chi connectivity index (χ4n) is 3.52. The first-order valence-corrected chi connectivity index (χ1v) is 8.24. The summed E-state index contributed by atoms with van der Waals surface area (Å²) in [4.78, 5) is 18.4. The lowest BCUT2D eigenvalue weighted by Crippen LogP contribution is -2.32. The Bertz CT molecular complexity index is 682. The van der Waals surface area contributed by atoms with Crippen molar-refractivity contribution >= 4 is 23.0 Å². The highest BCUT2D eigenvalue weighted by molar-refractivity contribution is 6.27. The molecule has 1 aromatic rings. The van der Waals surface area contributed by atoms with E-state index in [0.717, 1.165) is 17.2 Å². The van der Waals surface area contributed by atoms with Gasteiger partial charge in [0.15, 0.2) is 5.78 Å². The van der Waals surface area contributed by atoms with Gasteiger partial charge in [-0.1, -0.05) is 19.1 Å². The van der Waals surface area contributed by atoms with Crippen LogP contribution in [0.2, 0.25) is 0 Å². The summed E-state index contributed by atoms with van der Waals surface area (Å²) in [7, 11) is 3.87. The highest BCUT2D eigenvalue weighted by Gasteiger charge is 2.39. The maximum absolute atomic E-state index is 12.6. The number of nitrogens with one attached hydrogen (secondary N) is 1. The van der Waals surface area contributed by atoms with Crippen LogP contribution >= 0.6 is 0 Å². The van der Waals surface area contributed by atoms with Crippen molar-refractivity contribution in [1.82, 2.24) is 4.90 Å². The standard InChI is InChI=1S/C18H24N4O2/c1-12(8-9-23)10-22-11-15(24)16(17(22)19)18-20(2)13-6-4-5-7-14(13)21(18)3/h4-7,12,19,23H,8-11H2,1-3H3. The minimum absolute atomic E-state index is 0.0160. The van der Waals surface area contributed by atoms with E-state index in [-0.39, 0.29) is 30.7 Å². The van der Waals surface area contributed by atoms with Crippen LogP contribution in [0.25, 0.3) is 0 Å². The van der Waals surface area contributed by atoms with Gasteiger partial charge in [0, 0.05) is 27.2 Å². The summed E-state index contributed by atoms with van der Waals surface area (Å²) >= 11 is 0. The number of fused-ring (bicyclic) bond motifs is 1. The van der Waals surface area contributed by atoms with Gasteiger partial charge in [0.1, 0.15) is 17.2 Å². The highest BCUT2D eigenvalue weighted by atomic mass is 16.3. The Kier molecular flexibility index (Phi) is 4.32. The molecular weight excluding hydrogens is 304 g/mol. The van der Waals surface area contributed by atoms with E-state index in [1.807, 2.05) is 60.0 Å². The zero-order chi connectivity index (χ0) is 17.4. The van der Waals surface area contributed by atoms with Crippen molar-refractivity contribution in [3.05, 3.63) is 35.7 Å².